The molecule has 6 heteroatoms. The number of methoxy groups -OCH3 is 1. The lowest BCUT2D eigenvalue weighted by molar-refractivity contribution is 0.0949. The van der Waals surface area contributed by atoms with E-state index >= 15 is 0 Å². The Morgan fingerprint density at radius 1 is 1.32 bits per heavy atom. The summed E-state index contributed by atoms with van der Waals surface area (Å²) in [4.78, 5) is 23.9. The Morgan fingerprint density at radius 2 is 2.14 bits per heavy atom. The minimum atomic E-state index is -0.566. The molecule has 1 heterocycles. The predicted molar refractivity (Wildman–Crippen MR) is 82.5 cm³/mol. The third-order valence-electron chi connectivity index (χ3n) is 3.08. The number of ether oxygens (including phenoxy) is 2. The number of amides is 1. The Balaban J connectivity index is 2.28. The zero-order valence-corrected chi connectivity index (χ0v) is 12.7. The van der Waals surface area contributed by atoms with Crippen LogP contribution in [0.3, 0.4) is 0 Å². The molecule has 6 nitrogen and oxygen atoms in total. The van der Waals surface area contributed by atoms with Crippen LogP contribution in [0.2, 0.25) is 0 Å². The van der Waals surface area contributed by atoms with Crippen LogP contribution in [0.15, 0.2) is 33.5 Å². The molecule has 0 aliphatic rings. The van der Waals surface area contributed by atoms with E-state index in [4.69, 9.17) is 13.9 Å². The fourth-order valence-electron chi connectivity index (χ4n) is 2.10. The first-order chi connectivity index (χ1) is 10.7. The Morgan fingerprint density at radius 3 is 2.86 bits per heavy atom. The Hall–Kier alpha value is -2.34. The summed E-state index contributed by atoms with van der Waals surface area (Å²) < 4.78 is 15.4. The first-order valence-electron chi connectivity index (χ1n) is 7.13. The quantitative estimate of drug-likeness (QED) is 0.625. The molecule has 0 aliphatic heterocycles. The van der Waals surface area contributed by atoms with Gasteiger partial charge in [-0.1, -0.05) is 0 Å². The fourth-order valence-corrected chi connectivity index (χ4v) is 2.10. The molecule has 118 valence electrons. The molecule has 1 amide bonds. The number of hydrogen-bond acceptors (Lipinski definition) is 5. The highest BCUT2D eigenvalue weighted by molar-refractivity contribution is 6.05. The summed E-state index contributed by atoms with van der Waals surface area (Å²) in [6.07, 6.45) is 0.704. The summed E-state index contributed by atoms with van der Waals surface area (Å²) in [5.74, 6) is 0.286. The first kappa shape index (κ1) is 16.0. The van der Waals surface area contributed by atoms with Crippen molar-refractivity contribution in [3.63, 3.8) is 0 Å². The van der Waals surface area contributed by atoms with E-state index in [1.165, 1.54) is 6.07 Å². The van der Waals surface area contributed by atoms with Crippen LogP contribution < -0.4 is 15.7 Å². The van der Waals surface area contributed by atoms with Crippen molar-refractivity contribution in [1.29, 1.82) is 0 Å². The highest BCUT2D eigenvalue weighted by atomic mass is 16.5. The number of benzene rings is 1. The molecule has 0 unspecified atom stereocenters. The second-order valence-corrected chi connectivity index (χ2v) is 4.67. The van der Waals surface area contributed by atoms with E-state index < -0.39 is 5.63 Å². The van der Waals surface area contributed by atoms with E-state index in [0.29, 0.717) is 48.5 Å². The molecule has 2 rings (SSSR count). The van der Waals surface area contributed by atoms with Crippen molar-refractivity contribution in [2.75, 3.05) is 26.9 Å². The number of fused-ring (bicyclic) bond motifs is 1. The lowest BCUT2D eigenvalue weighted by Crippen LogP contribution is -2.26. The molecule has 1 N–H and O–H groups in total. The van der Waals surface area contributed by atoms with E-state index in [-0.39, 0.29) is 5.91 Å². The van der Waals surface area contributed by atoms with Gasteiger partial charge in [0, 0.05) is 37.8 Å². The van der Waals surface area contributed by atoms with E-state index in [2.05, 4.69) is 5.32 Å². The molecule has 22 heavy (non-hydrogen) atoms. The zero-order chi connectivity index (χ0) is 15.9. The van der Waals surface area contributed by atoms with Crippen LogP contribution in [0, 0.1) is 0 Å². The summed E-state index contributed by atoms with van der Waals surface area (Å²) in [5.41, 5.74) is 0.0652. The average Bonchev–Trinajstić information content (AvgIpc) is 2.50. The normalized spacial score (nSPS) is 10.6. The Kier molecular flexibility index (Phi) is 5.55. The molecule has 0 spiro atoms. The van der Waals surface area contributed by atoms with Gasteiger partial charge in [0.15, 0.2) is 0 Å². The maximum atomic E-state index is 12.2. The van der Waals surface area contributed by atoms with Gasteiger partial charge in [-0.25, -0.2) is 4.79 Å². The molecular weight excluding hydrogens is 286 g/mol. The van der Waals surface area contributed by atoms with Crippen molar-refractivity contribution in [3.8, 4) is 5.75 Å². The topological polar surface area (TPSA) is 77.8 Å². The van der Waals surface area contributed by atoms with Crippen LogP contribution in [0.25, 0.3) is 11.0 Å². The molecule has 0 saturated carbocycles. The lowest BCUT2D eigenvalue weighted by atomic mass is 10.1. The molecule has 0 atom stereocenters. The van der Waals surface area contributed by atoms with Crippen LogP contribution in [0.1, 0.15) is 23.7 Å². The van der Waals surface area contributed by atoms with E-state index in [1.54, 1.807) is 25.3 Å². The number of carbonyl (C=O) groups is 1. The van der Waals surface area contributed by atoms with E-state index in [1.807, 2.05) is 6.92 Å². The third-order valence-corrected chi connectivity index (χ3v) is 3.08. The zero-order valence-electron chi connectivity index (χ0n) is 12.7. The van der Waals surface area contributed by atoms with Crippen molar-refractivity contribution >= 4 is 16.9 Å². The van der Waals surface area contributed by atoms with Gasteiger partial charge in [0.25, 0.3) is 5.91 Å². The number of nitrogens with one attached hydrogen (secondary N) is 1. The van der Waals surface area contributed by atoms with Crippen molar-refractivity contribution in [3.05, 3.63) is 40.2 Å². The summed E-state index contributed by atoms with van der Waals surface area (Å²) in [7, 11) is 1.60. The van der Waals surface area contributed by atoms with Crippen molar-refractivity contribution < 1.29 is 18.7 Å². The predicted octanol–water partition coefficient (Wildman–Crippen LogP) is 1.96. The van der Waals surface area contributed by atoms with Crippen LogP contribution in [-0.2, 0) is 4.74 Å². The summed E-state index contributed by atoms with van der Waals surface area (Å²) in [5, 5.41) is 3.34. The van der Waals surface area contributed by atoms with Crippen molar-refractivity contribution in [2.45, 2.75) is 13.3 Å². The second-order valence-electron chi connectivity index (χ2n) is 4.67. The molecular formula is C16H19NO5. The van der Waals surface area contributed by atoms with Gasteiger partial charge in [0.1, 0.15) is 11.3 Å². The molecule has 0 fully saturated rings. The summed E-state index contributed by atoms with van der Waals surface area (Å²) in [6.45, 7) is 3.42. The third kappa shape index (κ3) is 3.85. The van der Waals surface area contributed by atoms with Gasteiger partial charge in [-0.15, -0.1) is 0 Å². The van der Waals surface area contributed by atoms with Gasteiger partial charge in [-0.3, -0.25) is 4.79 Å². The summed E-state index contributed by atoms with van der Waals surface area (Å²) >= 11 is 0. The number of hydrogen-bond donors (Lipinski definition) is 1. The standard InChI is InChI=1S/C16H19NO5/c1-3-21-11-5-6-12-13(10-15(18)22-14(12)9-11)16(19)17-7-4-8-20-2/h5-6,9-10H,3-4,7-8H2,1-2H3,(H,17,19). The molecule has 0 radical (unpaired) electrons. The Labute approximate surface area is 128 Å². The minimum absolute atomic E-state index is 0.298. The Bertz CT molecular complexity index is 707. The van der Waals surface area contributed by atoms with Crippen LogP contribution >= 0.6 is 0 Å². The van der Waals surface area contributed by atoms with Gasteiger partial charge >= 0.3 is 5.63 Å². The second kappa shape index (κ2) is 7.61. The van der Waals surface area contributed by atoms with Gasteiger partial charge in [-0.2, -0.15) is 0 Å². The maximum Gasteiger partial charge on any atom is 0.337 e. The highest BCUT2D eigenvalue weighted by Gasteiger charge is 2.13. The van der Waals surface area contributed by atoms with Crippen molar-refractivity contribution in [1.82, 2.24) is 5.32 Å². The molecule has 1 aromatic heterocycles. The molecule has 0 bridgehead atoms. The monoisotopic (exact) mass is 305 g/mol. The first-order valence-corrected chi connectivity index (χ1v) is 7.13. The smallest absolute Gasteiger partial charge is 0.337 e. The molecule has 0 aliphatic carbocycles. The van der Waals surface area contributed by atoms with E-state index in [0.717, 1.165) is 0 Å². The number of carbonyl (C=O) groups excluding carboxylic acids is 1. The van der Waals surface area contributed by atoms with Gasteiger partial charge in [0.05, 0.1) is 12.2 Å². The fraction of sp³-hybridized carbons (Fsp3) is 0.375. The lowest BCUT2D eigenvalue weighted by Gasteiger charge is -2.08. The largest absolute Gasteiger partial charge is 0.494 e. The SMILES string of the molecule is CCOc1ccc2c(C(=O)NCCCOC)cc(=O)oc2c1. The minimum Gasteiger partial charge on any atom is -0.494 e. The molecule has 0 saturated heterocycles. The van der Waals surface area contributed by atoms with Crippen LogP contribution in [0.4, 0.5) is 0 Å². The highest BCUT2D eigenvalue weighted by Crippen LogP contribution is 2.22. The molecule has 1 aromatic carbocycles. The average molecular weight is 305 g/mol. The van der Waals surface area contributed by atoms with Gasteiger partial charge in [0.2, 0.25) is 0 Å². The molecule has 2 aromatic rings. The van der Waals surface area contributed by atoms with Gasteiger partial charge < -0.3 is 19.2 Å². The van der Waals surface area contributed by atoms with Crippen LogP contribution in [-0.4, -0.2) is 32.8 Å². The number of rotatable bonds is 7. The van der Waals surface area contributed by atoms with Crippen LogP contribution in [0.5, 0.6) is 5.75 Å². The maximum absolute atomic E-state index is 12.2. The van der Waals surface area contributed by atoms with E-state index in [9.17, 15) is 9.59 Å². The van der Waals surface area contributed by atoms with Crippen molar-refractivity contribution in [2.24, 2.45) is 0 Å². The van der Waals surface area contributed by atoms with Gasteiger partial charge in [-0.05, 0) is 25.5 Å². The summed E-state index contributed by atoms with van der Waals surface area (Å²) in [6, 6.07) is 6.27.